The first-order chi connectivity index (χ1) is 13.5. The summed E-state index contributed by atoms with van der Waals surface area (Å²) in [6.07, 6.45) is 0. The molecule has 28 heavy (non-hydrogen) atoms. The Balaban J connectivity index is 1.66. The molecule has 0 spiro atoms. The molecule has 142 valence electrons. The van der Waals surface area contributed by atoms with Crippen molar-refractivity contribution >= 4 is 28.4 Å². The lowest BCUT2D eigenvalue weighted by atomic mass is 9.98. The van der Waals surface area contributed by atoms with E-state index >= 15 is 0 Å². The van der Waals surface area contributed by atoms with Gasteiger partial charge in [-0.25, -0.2) is 0 Å². The van der Waals surface area contributed by atoms with Gasteiger partial charge in [0.2, 0.25) is 0 Å². The Hall–Kier alpha value is -3.67. The van der Waals surface area contributed by atoms with Crippen LogP contribution in [0.5, 0.6) is 0 Å². The van der Waals surface area contributed by atoms with Gasteiger partial charge in [-0.1, -0.05) is 65.8 Å². The summed E-state index contributed by atoms with van der Waals surface area (Å²) in [5.74, 6) is -4.37. The molecule has 0 aliphatic rings. The molecule has 0 amide bonds. The summed E-state index contributed by atoms with van der Waals surface area (Å²) in [4.78, 5) is 27.5. The average molecular weight is 377 g/mol. The standard InChI is InChI=1S/C22H19NO5/c1-14(18-11-10-16-4-2-3-5-19(16)12-18)23-28-13-15-6-8-17(9-7-15)20(21(24)25)22(26)27/h2-12,20H,13H2,1H3,(H,24,25)(H,26,27). The number of oxime groups is 1. The fourth-order valence-electron chi connectivity index (χ4n) is 2.87. The number of rotatable bonds is 7. The number of hydrogen-bond acceptors (Lipinski definition) is 4. The van der Waals surface area contributed by atoms with Gasteiger partial charge in [0.05, 0.1) is 5.71 Å². The molecule has 0 saturated heterocycles. The monoisotopic (exact) mass is 377 g/mol. The van der Waals surface area contributed by atoms with E-state index in [0.717, 1.165) is 27.6 Å². The molecule has 0 unspecified atom stereocenters. The average Bonchev–Trinajstić information content (AvgIpc) is 2.68. The highest BCUT2D eigenvalue weighted by Gasteiger charge is 2.27. The Morgan fingerprint density at radius 2 is 1.57 bits per heavy atom. The molecule has 3 aromatic rings. The minimum absolute atomic E-state index is 0.190. The second-order valence-electron chi connectivity index (χ2n) is 6.36. The highest BCUT2D eigenvalue weighted by atomic mass is 16.6. The first kappa shape index (κ1) is 19.1. The van der Waals surface area contributed by atoms with E-state index in [2.05, 4.69) is 5.16 Å². The van der Waals surface area contributed by atoms with E-state index in [9.17, 15) is 9.59 Å². The van der Waals surface area contributed by atoms with E-state index in [1.165, 1.54) is 12.1 Å². The zero-order valence-corrected chi connectivity index (χ0v) is 15.2. The van der Waals surface area contributed by atoms with Crippen LogP contribution in [0.15, 0.2) is 71.9 Å². The Morgan fingerprint density at radius 1 is 0.929 bits per heavy atom. The van der Waals surface area contributed by atoms with E-state index in [-0.39, 0.29) is 12.2 Å². The minimum atomic E-state index is -1.58. The van der Waals surface area contributed by atoms with Crippen LogP contribution in [0.4, 0.5) is 0 Å². The van der Waals surface area contributed by atoms with Crippen molar-refractivity contribution in [2.45, 2.75) is 19.4 Å². The van der Waals surface area contributed by atoms with Crippen LogP contribution in [0.3, 0.4) is 0 Å². The van der Waals surface area contributed by atoms with Crippen LogP contribution < -0.4 is 0 Å². The molecule has 0 saturated carbocycles. The van der Waals surface area contributed by atoms with Crippen molar-refractivity contribution in [1.82, 2.24) is 0 Å². The highest BCUT2D eigenvalue weighted by Crippen LogP contribution is 2.19. The van der Waals surface area contributed by atoms with E-state index in [4.69, 9.17) is 15.1 Å². The van der Waals surface area contributed by atoms with Crippen molar-refractivity contribution in [1.29, 1.82) is 0 Å². The lowest BCUT2D eigenvalue weighted by molar-refractivity contribution is -0.150. The number of carboxylic acids is 2. The Kier molecular flexibility index (Phi) is 5.69. The summed E-state index contributed by atoms with van der Waals surface area (Å²) >= 11 is 0. The molecule has 0 aliphatic carbocycles. The quantitative estimate of drug-likeness (QED) is 0.368. The van der Waals surface area contributed by atoms with Crippen molar-refractivity contribution < 1.29 is 24.6 Å². The predicted octanol–water partition coefficient (Wildman–Crippen LogP) is 4.03. The molecule has 3 aromatic carbocycles. The SMILES string of the molecule is CC(=NOCc1ccc(C(C(=O)O)C(=O)O)cc1)c1ccc2ccccc2c1. The van der Waals surface area contributed by atoms with Gasteiger partial charge in [-0.15, -0.1) is 0 Å². The van der Waals surface area contributed by atoms with Crippen molar-refractivity contribution in [2.24, 2.45) is 5.16 Å². The summed E-state index contributed by atoms with van der Waals surface area (Å²) in [7, 11) is 0. The van der Waals surface area contributed by atoms with Gasteiger partial charge in [0.1, 0.15) is 6.61 Å². The third kappa shape index (κ3) is 4.35. The van der Waals surface area contributed by atoms with Gasteiger partial charge in [-0.2, -0.15) is 0 Å². The molecule has 0 radical (unpaired) electrons. The molecular weight excluding hydrogens is 358 g/mol. The predicted molar refractivity (Wildman–Crippen MR) is 105 cm³/mol. The fourth-order valence-corrected chi connectivity index (χ4v) is 2.87. The zero-order chi connectivity index (χ0) is 20.1. The lowest BCUT2D eigenvalue weighted by Gasteiger charge is -2.09. The third-order valence-corrected chi connectivity index (χ3v) is 4.41. The molecule has 6 heteroatoms. The maximum absolute atomic E-state index is 11.1. The number of benzene rings is 3. The van der Waals surface area contributed by atoms with Crippen LogP contribution in [-0.2, 0) is 21.0 Å². The Morgan fingerprint density at radius 3 is 2.21 bits per heavy atom. The van der Waals surface area contributed by atoms with Crippen LogP contribution in [-0.4, -0.2) is 27.9 Å². The largest absolute Gasteiger partial charge is 0.480 e. The number of hydrogen-bond donors (Lipinski definition) is 2. The van der Waals surface area contributed by atoms with Gasteiger partial charge in [-0.3, -0.25) is 9.59 Å². The van der Waals surface area contributed by atoms with Gasteiger partial charge in [0, 0.05) is 0 Å². The second-order valence-corrected chi connectivity index (χ2v) is 6.36. The topological polar surface area (TPSA) is 96.2 Å². The molecule has 0 aromatic heterocycles. The number of nitrogens with zero attached hydrogens (tertiary/aromatic N) is 1. The molecule has 0 bridgehead atoms. The normalized spacial score (nSPS) is 11.6. The molecular formula is C22H19NO5. The fraction of sp³-hybridized carbons (Fsp3) is 0.136. The van der Waals surface area contributed by atoms with Crippen LogP contribution in [0.1, 0.15) is 29.5 Å². The summed E-state index contributed by atoms with van der Waals surface area (Å²) in [5, 5.41) is 24.5. The second kappa shape index (κ2) is 8.35. The third-order valence-electron chi connectivity index (χ3n) is 4.41. The van der Waals surface area contributed by atoms with Crippen LogP contribution in [0.25, 0.3) is 10.8 Å². The van der Waals surface area contributed by atoms with Gasteiger partial charge in [0.25, 0.3) is 0 Å². The number of carbonyl (C=O) groups is 2. The molecule has 0 fully saturated rings. The van der Waals surface area contributed by atoms with Crippen LogP contribution in [0, 0.1) is 0 Å². The van der Waals surface area contributed by atoms with Crippen molar-refractivity contribution in [2.75, 3.05) is 0 Å². The van der Waals surface area contributed by atoms with Gasteiger partial charge >= 0.3 is 11.9 Å². The lowest BCUT2D eigenvalue weighted by Crippen LogP contribution is -2.20. The molecule has 2 N–H and O–H groups in total. The highest BCUT2D eigenvalue weighted by molar-refractivity contribution is 6.01. The zero-order valence-electron chi connectivity index (χ0n) is 15.2. The number of carboxylic acid groups (broad SMARTS) is 2. The van der Waals surface area contributed by atoms with Gasteiger partial charge in [-0.05, 0) is 40.5 Å². The first-order valence-electron chi connectivity index (χ1n) is 8.66. The van der Waals surface area contributed by atoms with Crippen LogP contribution >= 0.6 is 0 Å². The number of aliphatic carboxylic acids is 2. The van der Waals surface area contributed by atoms with E-state index < -0.39 is 17.9 Å². The first-order valence-corrected chi connectivity index (χ1v) is 8.66. The molecule has 3 rings (SSSR count). The molecule has 0 heterocycles. The summed E-state index contributed by atoms with van der Waals surface area (Å²) in [6, 6.07) is 20.3. The summed E-state index contributed by atoms with van der Waals surface area (Å²) in [6.45, 7) is 2.05. The maximum Gasteiger partial charge on any atom is 0.322 e. The summed E-state index contributed by atoms with van der Waals surface area (Å²) in [5.41, 5.74) is 2.66. The van der Waals surface area contributed by atoms with E-state index in [0.29, 0.717) is 0 Å². The van der Waals surface area contributed by atoms with Crippen molar-refractivity contribution in [3.63, 3.8) is 0 Å². The van der Waals surface area contributed by atoms with Gasteiger partial charge in [0.15, 0.2) is 5.92 Å². The number of fused-ring (bicyclic) bond motifs is 1. The van der Waals surface area contributed by atoms with E-state index in [1.54, 1.807) is 12.1 Å². The molecule has 0 atom stereocenters. The molecule has 0 aliphatic heterocycles. The van der Waals surface area contributed by atoms with Crippen molar-refractivity contribution in [3.8, 4) is 0 Å². The van der Waals surface area contributed by atoms with Crippen molar-refractivity contribution in [3.05, 3.63) is 83.4 Å². The summed E-state index contributed by atoms with van der Waals surface area (Å²) < 4.78 is 0. The Bertz CT molecular complexity index is 1030. The molecule has 6 nitrogen and oxygen atoms in total. The van der Waals surface area contributed by atoms with E-state index in [1.807, 2.05) is 49.4 Å². The van der Waals surface area contributed by atoms with Gasteiger partial charge < -0.3 is 15.1 Å². The Labute approximate surface area is 161 Å². The smallest absolute Gasteiger partial charge is 0.322 e. The van der Waals surface area contributed by atoms with Crippen LogP contribution in [0.2, 0.25) is 0 Å². The maximum atomic E-state index is 11.1. The minimum Gasteiger partial charge on any atom is -0.480 e.